The van der Waals surface area contributed by atoms with Crippen molar-refractivity contribution in [3.05, 3.63) is 112 Å². The molecule has 2 heterocycles. The maximum Gasteiger partial charge on any atom is 0.342 e. The largest absolute Gasteiger partial charge is 0.494 e. The molecule has 0 saturated heterocycles. The van der Waals surface area contributed by atoms with E-state index in [1.165, 1.54) is 25.7 Å². The van der Waals surface area contributed by atoms with E-state index in [0.29, 0.717) is 11.1 Å². The number of hydrogen-bond donors (Lipinski definition) is 1. The molecule has 37 heavy (non-hydrogen) atoms. The number of ether oxygens (including phenoxy) is 1. The van der Waals surface area contributed by atoms with Crippen LogP contribution in [-0.2, 0) is 0 Å². The molecule has 186 valence electrons. The second-order valence-electron chi connectivity index (χ2n) is 9.81. The third kappa shape index (κ3) is 4.37. The average Bonchev–Trinajstić information content (AvgIpc) is 2.94. The summed E-state index contributed by atoms with van der Waals surface area (Å²) in [6.07, 6.45) is 6.06. The number of para-hydroxylation sites is 1. The van der Waals surface area contributed by atoms with Gasteiger partial charge in [0.2, 0.25) is 0 Å². The molecule has 1 atom stereocenters. The van der Waals surface area contributed by atoms with Gasteiger partial charge in [0.15, 0.2) is 0 Å². The smallest absolute Gasteiger partial charge is 0.342 e. The molecular weight excluding hydrogens is 458 g/mol. The van der Waals surface area contributed by atoms with Crippen molar-refractivity contribution < 1.29 is 9.15 Å². The number of unbranched alkanes of at least 4 members (excludes halogenated alkanes) is 4. The molecular formula is C33H31NO3. The summed E-state index contributed by atoms with van der Waals surface area (Å²) >= 11 is 0. The Labute approximate surface area is 216 Å². The Morgan fingerprint density at radius 2 is 1.54 bits per heavy atom. The maximum absolute atomic E-state index is 13.5. The summed E-state index contributed by atoms with van der Waals surface area (Å²) in [5.74, 6) is 0.596. The number of benzene rings is 4. The summed E-state index contributed by atoms with van der Waals surface area (Å²) in [5.41, 5.74) is 4.90. The second kappa shape index (κ2) is 10.1. The van der Waals surface area contributed by atoms with Gasteiger partial charge in [-0.2, -0.15) is 0 Å². The molecule has 1 aromatic heterocycles. The van der Waals surface area contributed by atoms with E-state index in [2.05, 4.69) is 54.7 Å². The molecule has 0 unspecified atom stereocenters. The Morgan fingerprint density at radius 1 is 0.784 bits per heavy atom. The molecule has 1 aliphatic rings. The zero-order valence-corrected chi connectivity index (χ0v) is 21.1. The van der Waals surface area contributed by atoms with Crippen LogP contribution in [-0.4, -0.2) is 6.61 Å². The molecule has 6 rings (SSSR count). The van der Waals surface area contributed by atoms with Crippen molar-refractivity contribution in [3.63, 3.8) is 0 Å². The lowest BCUT2D eigenvalue weighted by Gasteiger charge is -2.30. The first kappa shape index (κ1) is 23.4. The monoisotopic (exact) mass is 489 g/mol. The van der Waals surface area contributed by atoms with Gasteiger partial charge >= 0.3 is 5.63 Å². The van der Waals surface area contributed by atoms with E-state index in [1.807, 2.05) is 42.5 Å². The predicted molar refractivity (Wildman–Crippen MR) is 151 cm³/mol. The van der Waals surface area contributed by atoms with Gasteiger partial charge in [-0.3, -0.25) is 0 Å². The summed E-state index contributed by atoms with van der Waals surface area (Å²) in [7, 11) is 0. The zero-order valence-electron chi connectivity index (χ0n) is 21.1. The average molecular weight is 490 g/mol. The van der Waals surface area contributed by atoms with Crippen molar-refractivity contribution in [3.8, 4) is 5.75 Å². The SMILES string of the molecule is CCCCCCCOc1ccc([C@H]2c3c(c4ccccc4oc3=O)Nc3ccc4ccccc4c32)cc1. The minimum Gasteiger partial charge on any atom is -0.494 e. The molecule has 4 heteroatoms. The molecule has 1 aliphatic heterocycles. The van der Waals surface area contributed by atoms with Crippen LogP contribution in [0.2, 0.25) is 0 Å². The first-order valence-electron chi connectivity index (χ1n) is 13.3. The third-order valence-corrected chi connectivity index (χ3v) is 7.39. The number of anilines is 2. The van der Waals surface area contributed by atoms with E-state index in [4.69, 9.17) is 9.15 Å². The lowest BCUT2D eigenvalue weighted by atomic mass is 9.79. The van der Waals surface area contributed by atoms with Gasteiger partial charge in [0, 0.05) is 17.0 Å². The highest BCUT2D eigenvalue weighted by Crippen LogP contribution is 2.48. The Balaban J connectivity index is 1.43. The van der Waals surface area contributed by atoms with Crippen molar-refractivity contribution in [2.75, 3.05) is 11.9 Å². The summed E-state index contributed by atoms with van der Waals surface area (Å²) < 4.78 is 11.9. The number of fused-ring (bicyclic) bond motifs is 6. The number of nitrogens with one attached hydrogen (secondary N) is 1. The van der Waals surface area contributed by atoms with E-state index in [0.717, 1.165) is 57.4 Å². The normalized spacial score (nSPS) is 14.2. The Morgan fingerprint density at radius 3 is 2.38 bits per heavy atom. The molecule has 0 spiro atoms. The van der Waals surface area contributed by atoms with Crippen molar-refractivity contribution >= 4 is 33.1 Å². The molecule has 0 bridgehead atoms. The Hall–Kier alpha value is -4.05. The van der Waals surface area contributed by atoms with Gasteiger partial charge in [0.05, 0.1) is 17.9 Å². The van der Waals surface area contributed by atoms with Gasteiger partial charge in [-0.15, -0.1) is 0 Å². The lowest BCUT2D eigenvalue weighted by Crippen LogP contribution is -2.22. The van der Waals surface area contributed by atoms with Crippen molar-refractivity contribution in [2.24, 2.45) is 0 Å². The number of hydrogen-bond acceptors (Lipinski definition) is 4. The van der Waals surface area contributed by atoms with Crippen molar-refractivity contribution in [1.29, 1.82) is 0 Å². The van der Waals surface area contributed by atoms with Crippen LogP contribution in [0.15, 0.2) is 94.1 Å². The van der Waals surface area contributed by atoms with Crippen LogP contribution < -0.4 is 15.7 Å². The van der Waals surface area contributed by atoms with E-state index in [9.17, 15) is 4.79 Å². The fourth-order valence-electron chi connectivity index (χ4n) is 5.54. The van der Waals surface area contributed by atoms with Gasteiger partial charge in [-0.05, 0) is 58.7 Å². The molecule has 0 aliphatic carbocycles. The maximum atomic E-state index is 13.5. The molecule has 4 nitrogen and oxygen atoms in total. The second-order valence-corrected chi connectivity index (χ2v) is 9.81. The van der Waals surface area contributed by atoms with Crippen LogP contribution in [0.1, 0.15) is 61.6 Å². The van der Waals surface area contributed by atoms with E-state index >= 15 is 0 Å². The van der Waals surface area contributed by atoms with E-state index in [-0.39, 0.29) is 11.5 Å². The van der Waals surface area contributed by atoms with Gasteiger partial charge in [0.25, 0.3) is 0 Å². The lowest BCUT2D eigenvalue weighted by molar-refractivity contribution is 0.304. The molecule has 0 saturated carbocycles. The fraction of sp³-hybridized carbons (Fsp3) is 0.242. The van der Waals surface area contributed by atoms with Crippen molar-refractivity contribution in [2.45, 2.75) is 44.9 Å². The molecule has 0 radical (unpaired) electrons. The molecule has 0 amide bonds. The zero-order chi connectivity index (χ0) is 25.2. The molecule has 4 aromatic carbocycles. The fourth-order valence-corrected chi connectivity index (χ4v) is 5.54. The highest BCUT2D eigenvalue weighted by atomic mass is 16.5. The summed E-state index contributed by atoms with van der Waals surface area (Å²) in [6, 6.07) is 28.5. The highest BCUT2D eigenvalue weighted by Gasteiger charge is 2.33. The molecule has 5 aromatic rings. The predicted octanol–water partition coefficient (Wildman–Crippen LogP) is 8.53. The van der Waals surface area contributed by atoms with Crippen LogP contribution in [0.25, 0.3) is 21.7 Å². The topological polar surface area (TPSA) is 51.5 Å². The first-order chi connectivity index (χ1) is 18.2. The van der Waals surface area contributed by atoms with Crippen LogP contribution in [0, 0.1) is 0 Å². The summed E-state index contributed by atoms with van der Waals surface area (Å²) in [4.78, 5) is 13.5. The summed E-state index contributed by atoms with van der Waals surface area (Å²) in [5, 5.41) is 6.77. The van der Waals surface area contributed by atoms with Crippen molar-refractivity contribution in [1.82, 2.24) is 0 Å². The quantitative estimate of drug-likeness (QED) is 0.172. The van der Waals surface area contributed by atoms with Crippen LogP contribution >= 0.6 is 0 Å². The number of rotatable bonds is 8. The Bertz CT molecular complexity index is 1620. The van der Waals surface area contributed by atoms with Crippen LogP contribution in [0.5, 0.6) is 5.75 Å². The Kier molecular flexibility index (Phi) is 6.40. The minimum absolute atomic E-state index is 0.263. The van der Waals surface area contributed by atoms with Gasteiger partial charge in [0.1, 0.15) is 11.3 Å². The molecule has 0 fully saturated rings. The van der Waals surface area contributed by atoms with Gasteiger partial charge < -0.3 is 14.5 Å². The molecule has 1 N–H and O–H groups in total. The minimum atomic E-state index is -0.308. The standard InChI is InChI=1S/C33H31NO3/c1-2-3-4-5-10-21-36-24-18-15-23(16-19-24)29-30-25-12-7-6-11-22(25)17-20-27(30)34-32-26-13-8-9-14-28(26)37-33(35)31(29)32/h6-9,11-20,29,34H,2-5,10,21H2,1H3/t29-/m1/s1. The first-order valence-corrected chi connectivity index (χ1v) is 13.3. The summed E-state index contributed by atoms with van der Waals surface area (Å²) in [6.45, 7) is 2.95. The van der Waals surface area contributed by atoms with Crippen LogP contribution in [0.3, 0.4) is 0 Å². The highest BCUT2D eigenvalue weighted by molar-refractivity contribution is 6.00. The van der Waals surface area contributed by atoms with Gasteiger partial charge in [-0.1, -0.05) is 87.2 Å². The van der Waals surface area contributed by atoms with E-state index in [1.54, 1.807) is 0 Å². The van der Waals surface area contributed by atoms with Crippen LogP contribution in [0.4, 0.5) is 11.4 Å². The third-order valence-electron chi connectivity index (χ3n) is 7.39. The van der Waals surface area contributed by atoms with E-state index < -0.39 is 0 Å². The van der Waals surface area contributed by atoms with Gasteiger partial charge in [-0.25, -0.2) is 4.79 Å².